The highest BCUT2D eigenvalue weighted by Crippen LogP contribution is 2.30. The summed E-state index contributed by atoms with van der Waals surface area (Å²) in [6, 6.07) is 4.07. The zero-order valence-electron chi connectivity index (χ0n) is 11.9. The molecule has 0 aliphatic heterocycles. The van der Waals surface area contributed by atoms with Crippen molar-refractivity contribution in [2.45, 2.75) is 40.0 Å². The third-order valence-corrected chi connectivity index (χ3v) is 2.95. The summed E-state index contributed by atoms with van der Waals surface area (Å²) in [4.78, 5) is 11.4. The zero-order valence-corrected chi connectivity index (χ0v) is 11.9. The molecule has 1 aromatic carbocycles. The topological polar surface area (TPSA) is 35.5 Å². The molecule has 0 saturated heterocycles. The summed E-state index contributed by atoms with van der Waals surface area (Å²) < 4.78 is 10.4. The summed E-state index contributed by atoms with van der Waals surface area (Å²) in [6.07, 6.45) is 0.314. The van der Waals surface area contributed by atoms with E-state index in [0.717, 1.165) is 22.4 Å². The van der Waals surface area contributed by atoms with Crippen LogP contribution in [0, 0.1) is 6.92 Å². The molecule has 0 aliphatic rings. The van der Waals surface area contributed by atoms with Crippen LogP contribution >= 0.6 is 0 Å². The zero-order chi connectivity index (χ0) is 13.7. The lowest BCUT2D eigenvalue weighted by molar-refractivity contribution is -0.139. The smallest absolute Gasteiger partial charge is 0.309 e. The molecule has 0 fully saturated rings. The van der Waals surface area contributed by atoms with Gasteiger partial charge in [-0.05, 0) is 42.5 Å². The molecule has 0 radical (unpaired) electrons. The average Bonchev–Trinajstić information content (AvgIpc) is 2.32. The van der Waals surface area contributed by atoms with E-state index in [1.54, 1.807) is 0 Å². The van der Waals surface area contributed by atoms with Crippen LogP contribution in [0.3, 0.4) is 0 Å². The molecule has 0 aliphatic carbocycles. The lowest BCUT2D eigenvalue weighted by Gasteiger charge is -2.16. The summed E-state index contributed by atoms with van der Waals surface area (Å²) in [6.45, 7) is 8.85. The van der Waals surface area contributed by atoms with Gasteiger partial charge < -0.3 is 9.47 Å². The Kier molecular flexibility index (Phi) is 5.20. The van der Waals surface area contributed by atoms with Crippen molar-refractivity contribution in [1.82, 2.24) is 0 Å². The first-order valence-corrected chi connectivity index (χ1v) is 6.32. The second kappa shape index (κ2) is 6.43. The predicted molar refractivity (Wildman–Crippen MR) is 72.2 cm³/mol. The molecule has 0 spiro atoms. The van der Waals surface area contributed by atoms with Crippen LogP contribution < -0.4 is 4.74 Å². The number of benzene rings is 1. The van der Waals surface area contributed by atoms with Gasteiger partial charge in [0.2, 0.25) is 0 Å². The highest BCUT2D eigenvalue weighted by molar-refractivity contribution is 5.73. The van der Waals surface area contributed by atoms with E-state index in [1.165, 1.54) is 7.11 Å². The summed E-state index contributed by atoms with van der Waals surface area (Å²) in [5.74, 6) is 1.07. The Hall–Kier alpha value is -1.51. The van der Waals surface area contributed by atoms with Crippen LogP contribution in [-0.2, 0) is 16.0 Å². The summed E-state index contributed by atoms with van der Waals surface area (Å²) >= 11 is 0. The number of carbonyl (C=O) groups is 1. The quantitative estimate of drug-likeness (QED) is 0.753. The number of carbonyl (C=O) groups excluding carboxylic acids is 1. The Morgan fingerprint density at radius 1 is 1.33 bits per heavy atom. The van der Waals surface area contributed by atoms with E-state index in [-0.39, 0.29) is 5.97 Å². The minimum atomic E-state index is -0.211. The molecule has 0 aromatic heterocycles. The number of hydrogen-bond donors (Lipinski definition) is 0. The number of esters is 1. The molecule has 0 heterocycles. The third kappa shape index (κ3) is 3.49. The van der Waals surface area contributed by atoms with Crippen LogP contribution in [0.15, 0.2) is 12.1 Å². The maximum absolute atomic E-state index is 11.4. The van der Waals surface area contributed by atoms with E-state index in [2.05, 4.69) is 19.9 Å². The Bertz CT molecular complexity index is 422. The number of ether oxygens (including phenoxy) is 2. The average molecular weight is 250 g/mol. The van der Waals surface area contributed by atoms with E-state index in [1.807, 2.05) is 19.9 Å². The number of aryl methyl sites for hydroxylation is 1. The minimum Gasteiger partial charge on any atom is -0.494 e. The maximum atomic E-state index is 11.4. The van der Waals surface area contributed by atoms with Crippen LogP contribution in [0.25, 0.3) is 0 Å². The van der Waals surface area contributed by atoms with Crippen LogP contribution in [0.1, 0.15) is 43.4 Å². The Morgan fingerprint density at radius 3 is 2.50 bits per heavy atom. The number of hydrogen-bond acceptors (Lipinski definition) is 3. The fourth-order valence-electron chi connectivity index (χ4n) is 1.90. The molecule has 0 amide bonds. The highest BCUT2D eigenvalue weighted by atomic mass is 16.5. The highest BCUT2D eigenvalue weighted by Gasteiger charge is 2.13. The lowest BCUT2D eigenvalue weighted by Crippen LogP contribution is -2.08. The Balaban J connectivity index is 3.14. The third-order valence-electron chi connectivity index (χ3n) is 2.95. The predicted octanol–water partition coefficient (Wildman–Crippen LogP) is 3.23. The van der Waals surface area contributed by atoms with Gasteiger partial charge in [-0.1, -0.05) is 19.9 Å². The van der Waals surface area contributed by atoms with Gasteiger partial charge in [-0.25, -0.2) is 0 Å². The van der Waals surface area contributed by atoms with Crippen LogP contribution in [0.4, 0.5) is 0 Å². The SMILES string of the molecule is CCOc1cc(C)c(CC(=O)OC)cc1C(C)C. The van der Waals surface area contributed by atoms with Crippen molar-refractivity contribution in [2.24, 2.45) is 0 Å². The van der Waals surface area contributed by atoms with E-state index >= 15 is 0 Å². The summed E-state index contributed by atoms with van der Waals surface area (Å²) in [7, 11) is 1.41. The van der Waals surface area contributed by atoms with Gasteiger partial charge in [0, 0.05) is 0 Å². The Labute approximate surface area is 109 Å². The molecule has 3 nitrogen and oxygen atoms in total. The van der Waals surface area contributed by atoms with Crippen LogP contribution in [-0.4, -0.2) is 19.7 Å². The van der Waals surface area contributed by atoms with Gasteiger partial charge in [-0.15, -0.1) is 0 Å². The standard InChI is InChI=1S/C15H22O3/c1-6-18-14-7-11(4)12(9-15(16)17-5)8-13(14)10(2)3/h7-8,10H,6,9H2,1-5H3. The van der Waals surface area contributed by atoms with Gasteiger partial charge in [-0.2, -0.15) is 0 Å². The molecule has 0 bridgehead atoms. The van der Waals surface area contributed by atoms with Gasteiger partial charge in [0.25, 0.3) is 0 Å². The van der Waals surface area contributed by atoms with Crippen molar-refractivity contribution < 1.29 is 14.3 Å². The van der Waals surface area contributed by atoms with E-state index in [0.29, 0.717) is 18.9 Å². The molecule has 1 rings (SSSR count). The van der Waals surface area contributed by atoms with Crippen molar-refractivity contribution >= 4 is 5.97 Å². The van der Waals surface area contributed by atoms with Crippen molar-refractivity contribution in [2.75, 3.05) is 13.7 Å². The van der Waals surface area contributed by atoms with E-state index in [9.17, 15) is 4.79 Å². The fourth-order valence-corrected chi connectivity index (χ4v) is 1.90. The largest absolute Gasteiger partial charge is 0.494 e. The summed E-state index contributed by atoms with van der Waals surface area (Å²) in [5.41, 5.74) is 3.21. The molecule has 1 aromatic rings. The first kappa shape index (κ1) is 14.6. The number of rotatable bonds is 5. The molecule has 0 atom stereocenters. The van der Waals surface area contributed by atoms with Gasteiger partial charge >= 0.3 is 5.97 Å². The van der Waals surface area contributed by atoms with Crippen molar-refractivity contribution in [3.05, 3.63) is 28.8 Å². The van der Waals surface area contributed by atoms with Crippen molar-refractivity contribution in [3.63, 3.8) is 0 Å². The minimum absolute atomic E-state index is 0.211. The second-order valence-corrected chi connectivity index (χ2v) is 4.66. The first-order chi connectivity index (χ1) is 8.49. The van der Waals surface area contributed by atoms with Gasteiger partial charge in [0.05, 0.1) is 20.1 Å². The molecule has 0 saturated carbocycles. The van der Waals surface area contributed by atoms with Gasteiger partial charge in [-0.3, -0.25) is 4.79 Å². The lowest BCUT2D eigenvalue weighted by atomic mass is 9.95. The molecular formula is C15H22O3. The molecular weight excluding hydrogens is 228 g/mol. The van der Waals surface area contributed by atoms with Gasteiger partial charge in [0.1, 0.15) is 5.75 Å². The van der Waals surface area contributed by atoms with Gasteiger partial charge in [0.15, 0.2) is 0 Å². The number of methoxy groups -OCH3 is 1. The molecule has 0 unspecified atom stereocenters. The van der Waals surface area contributed by atoms with Crippen molar-refractivity contribution in [1.29, 1.82) is 0 Å². The molecule has 100 valence electrons. The second-order valence-electron chi connectivity index (χ2n) is 4.66. The molecule has 0 N–H and O–H groups in total. The molecule has 18 heavy (non-hydrogen) atoms. The fraction of sp³-hybridized carbons (Fsp3) is 0.533. The van der Waals surface area contributed by atoms with Crippen molar-refractivity contribution in [3.8, 4) is 5.75 Å². The monoisotopic (exact) mass is 250 g/mol. The maximum Gasteiger partial charge on any atom is 0.309 e. The Morgan fingerprint density at radius 2 is 2.00 bits per heavy atom. The van der Waals surface area contributed by atoms with Crippen LogP contribution in [0.5, 0.6) is 5.75 Å². The summed E-state index contributed by atoms with van der Waals surface area (Å²) in [5, 5.41) is 0. The normalized spacial score (nSPS) is 10.6. The molecule has 3 heteroatoms. The van der Waals surface area contributed by atoms with E-state index in [4.69, 9.17) is 9.47 Å². The van der Waals surface area contributed by atoms with E-state index < -0.39 is 0 Å². The first-order valence-electron chi connectivity index (χ1n) is 6.32. The van der Waals surface area contributed by atoms with Crippen LogP contribution in [0.2, 0.25) is 0 Å².